The van der Waals surface area contributed by atoms with Gasteiger partial charge in [0.15, 0.2) is 0 Å². The molecule has 0 radical (unpaired) electrons. The average molecular weight is 247 g/mol. The van der Waals surface area contributed by atoms with E-state index in [0.29, 0.717) is 12.5 Å². The Morgan fingerprint density at radius 1 is 1.44 bits per heavy atom. The molecule has 0 bridgehead atoms. The van der Waals surface area contributed by atoms with E-state index >= 15 is 0 Å². The van der Waals surface area contributed by atoms with E-state index in [1.165, 1.54) is 5.56 Å². The highest BCUT2D eigenvalue weighted by atomic mass is 16.2. The summed E-state index contributed by atoms with van der Waals surface area (Å²) in [5.41, 5.74) is 1.18. The largest absolute Gasteiger partial charge is 0.337 e. The number of hydrogen-bond acceptors (Lipinski definition) is 3. The van der Waals surface area contributed by atoms with Gasteiger partial charge in [0.25, 0.3) is 0 Å². The second-order valence-corrected chi connectivity index (χ2v) is 4.75. The molecule has 1 amide bonds. The van der Waals surface area contributed by atoms with Crippen molar-refractivity contribution in [2.24, 2.45) is 0 Å². The van der Waals surface area contributed by atoms with Crippen molar-refractivity contribution in [1.29, 1.82) is 0 Å². The third kappa shape index (κ3) is 3.29. The zero-order valence-corrected chi connectivity index (χ0v) is 10.9. The van der Waals surface area contributed by atoms with Gasteiger partial charge >= 0.3 is 0 Å². The van der Waals surface area contributed by atoms with Gasteiger partial charge in [-0.25, -0.2) is 0 Å². The first kappa shape index (κ1) is 13.0. The molecule has 2 rings (SSSR count). The van der Waals surface area contributed by atoms with Crippen LogP contribution in [0, 0.1) is 0 Å². The number of amides is 1. The van der Waals surface area contributed by atoms with Gasteiger partial charge in [0, 0.05) is 38.4 Å². The molecule has 0 spiro atoms. The summed E-state index contributed by atoms with van der Waals surface area (Å²) >= 11 is 0. The first-order valence-corrected chi connectivity index (χ1v) is 6.70. The molecule has 0 atom stereocenters. The maximum atomic E-state index is 12.2. The van der Waals surface area contributed by atoms with Crippen molar-refractivity contribution >= 4 is 5.91 Å². The van der Waals surface area contributed by atoms with Crippen LogP contribution in [0.2, 0.25) is 0 Å². The van der Waals surface area contributed by atoms with Crippen LogP contribution >= 0.6 is 0 Å². The van der Waals surface area contributed by atoms with Gasteiger partial charge in [0.2, 0.25) is 5.91 Å². The normalized spacial score (nSPS) is 15.2. The number of nitrogens with zero attached hydrogens (tertiary/aromatic N) is 2. The predicted octanol–water partition coefficient (Wildman–Crippen LogP) is 1.22. The number of rotatable bonds is 6. The third-order valence-corrected chi connectivity index (χ3v) is 3.36. The second kappa shape index (κ2) is 6.50. The zero-order valence-electron chi connectivity index (χ0n) is 10.9. The summed E-state index contributed by atoms with van der Waals surface area (Å²) < 4.78 is 0. The highest BCUT2D eigenvalue weighted by Crippen LogP contribution is 2.10. The summed E-state index contributed by atoms with van der Waals surface area (Å²) in [6.07, 6.45) is 5.98. The number of carbonyl (C=O) groups excluding carboxylic acids is 1. The van der Waals surface area contributed by atoms with E-state index in [1.54, 1.807) is 12.4 Å². The highest BCUT2D eigenvalue weighted by Gasteiger charge is 2.27. The topological polar surface area (TPSA) is 45.2 Å². The Morgan fingerprint density at radius 2 is 2.17 bits per heavy atom. The van der Waals surface area contributed by atoms with Crippen LogP contribution in [0.1, 0.15) is 25.3 Å². The molecule has 1 saturated heterocycles. The second-order valence-electron chi connectivity index (χ2n) is 4.75. The Labute approximate surface area is 108 Å². The first-order valence-electron chi connectivity index (χ1n) is 6.70. The third-order valence-electron chi connectivity index (χ3n) is 3.36. The lowest BCUT2D eigenvalue weighted by atomic mass is 10.1. The Morgan fingerprint density at radius 3 is 2.72 bits per heavy atom. The van der Waals surface area contributed by atoms with Gasteiger partial charge < -0.3 is 10.2 Å². The molecular weight excluding hydrogens is 226 g/mol. The SMILES string of the molecule is CCCN(C(=O)CCc1ccncc1)C1CNC1. The van der Waals surface area contributed by atoms with Crippen LogP contribution in [0.3, 0.4) is 0 Å². The van der Waals surface area contributed by atoms with Crippen LogP contribution < -0.4 is 5.32 Å². The van der Waals surface area contributed by atoms with Crippen LogP contribution in [0.15, 0.2) is 24.5 Å². The Hall–Kier alpha value is -1.42. The van der Waals surface area contributed by atoms with Crippen molar-refractivity contribution in [3.63, 3.8) is 0 Å². The average Bonchev–Trinajstić information content (AvgIpc) is 2.34. The van der Waals surface area contributed by atoms with E-state index in [4.69, 9.17) is 0 Å². The molecule has 4 nitrogen and oxygen atoms in total. The molecule has 98 valence electrons. The van der Waals surface area contributed by atoms with Gasteiger partial charge in [-0.15, -0.1) is 0 Å². The number of nitrogens with one attached hydrogen (secondary N) is 1. The van der Waals surface area contributed by atoms with E-state index in [2.05, 4.69) is 17.2 Å². The summed E-state index contributed by atoms with van der Waals surface area (Å²) in [6, 6.07) is 4.36. The van der Waals surface area contributed by atoms with Crippen molar-refractivity contribution in [2.45, 2.75) is 32.2 Å². The highest BCUT2D eigenvalue weighted by molar-refractivity contribution is 5.77. The molecule has 0 saturated carbocycles. The lowest BCUT2D eigenvalue weighted by Crippen LogP contribution is -2.59. The van der Waals surface area contributed by atoms with Gasteiger partial charge in [-0.2, -0.15) is 0 Å². The molecule has 2 heterocycles. The number of pyridine rings is 1. The van der Waals surface area contributed by atoms with E-state index < -0.39 is 0 Å². The van der Waals surface area contributed by atoms with Gasteiger partial charge in [-0.1, -0.05) is 6.92 Å². The van der Waals surface area contributed by atoms with E-state index in [1.807, 2.05) is 17.0 Å². The van der Waals surface area contributed by atoms with Crippen molar-refractivity contribution in [2.75, 3.05) is 19.6 Å². The summed E-state index contributed by atoms with van der Waals surface area (Å²) in [6.45, 7) is 4.89. The summed E-state index contributed by atoms with van der Waals surface area (Å²) in [7, 11) is 0. The van der Waals surface area contributed by atoms with Crippen LogP contribution in [-0.2, 0) is 11.2 Å². The molecule has 0 aliphatic carbocycles. The number of aromatic nitrogens is 1. The van der Waals surface area contributed by atoms with Gasteiger partial charge in [-0.05, 0) is 30.5 Å². The van der Waals surface area contributed by atoms with Crippen LogP contribution in [0.4, 0.5) is 0 Å². The lowest BCUT2D eigenvalue weighted by Gasteiger charge is -2.38. The molecule has 1 fully saturated rings. The monoisotopic (exact) mass is 247 g/mol. The molecule has 4 heteroatoms. The van der Waals surface area contributed by atoms with Crippen molar-refractivity contribution in [3.8, 4) is 0 Å². The predicted molar refractivity (Wildman–Crippen MR) is 71.2 cm³/mol. The van der Waals surface area contributed by atoms with E-state index in [0.717, 1.165) is 32.5 Å². The Bertz CT molecular complexity index is 376. The van der Waals surface area contributed by atoms with Crippen molar-refractivity contribution in [3.05, 3.63) is 30.1 Å². The maximum absolute atomic E-state index is 12.2. The Kier molecular flexibility index (Phi) is 4.70. The summed E-state index contributed by atoms with van der Waals surface area (Å²) in [4.78, 5) is 18.2. The number of aryl methyl sites for hydroxylation is 1. The molecule has 1 aromatic heterocycles. The molecule has 1 aliphatic heterocycles. The van der Waals surface area contributed by atoms with E-state index in [-0.39, 0.29) is 5.91 Å². The fourth-order valence-electron chi connectivity index (χ4n) is 2.19. The summed E-state index contributed by atoms with van der Waals surface area (Å²) in [5, 5.41) is 3.23. The van der Waals surface area contributed by atoms with Gasteiger partial charge in [0.05, 0.1) is 6.04 Å². The Balaban J connectivity index is 1.85. The summed E-state index contributed by atoms with van der Waals surface area (Å²) in [5.74, 6) is 0.278. The number of carbonyl (C=O) groups is 1. The number of hydrogen-bond donors (Lipinski definition) is 1. The molecule has 0 unspecified atom stereocenters. The van der Waals surface area contributed by atoms with Crippen LogP contribution in [-0.4, -0.2) is 41.5 Å². The molecule has 1 N–H and O–H groups in total. The van der Waals surface area contributed by atoms with E-state index in [9.17, 15) is 4.79 Å². The van der Waals surface area contributed by atoms with Gasteiger partial charge in [-0.3, -0.25) is 9.78 Å². The fraction of sp³-hybridized carbons (Fsp3) is 0.571. The fourth-order valence-corrected chi connectivity index (χ4v) is 2.19. The first-order chi connectivity index (χ1) is 8.81. The standard InChI is InChI=1S/C14H21N3O/c1-2-9-17(13-10-16-11-13)14(18)4-3-12-5-7-15-8-6-12/h5-8,13,16H,2-4,9-11H2,1H3. The quantitative estimate of drug-likeness (QED) is 0.822. The van der Waals surface area contributed by atoms with Crippen molar-refractivity contribution < 1.29 is 4.79 Å². The van der Waals surface area contributed by atoms with Crippen LogP contribution in [0.25, 0.3) is 0 Å². The molecular formula is C14H21N3O. The minimum atomic E-state index is 0.278. The van der Waals surface area contributed by atoms with Gasteiger partial charge in [0.1, 0.15) is 0 Å². The maximum Gasteiger partial charge on any atom is 0.223 e. The molecule has 0 aromatic carbocycles. The smallest absolute Gasteiger partial charge is 0.223 e. The van der Waals surface area contributed by atoms with Crippen LogP contribution in [0.5, 0.6) is 0 Å². The molecule has 1 aromatic rings. The minimum Gasteiger partial charge on any atom is -0.337 e. The zero-order chi connectivity index (χ0) is 12.8. The molecule has 18 heavy (non-hydrogen) atoms. The van der Waals surface area contributed by atoms with Crippen molar-refractivity contribution in [1.82, 2.24) is 15.2 Å². The lowest BCUT2D eigenvalue weighted by molar-refractivity contribution is -0.134. The minimum absolute atomic E-state index is 0.278. The molecule has 1 aliphatic rings.